The third kappa shape index (κ3) is 2.35. The average Bonchev–Trinajstić information content (AvgIpc) is 2.80. The zero-order chi connectivity index (χ0) is 11.4. The Morgan fingerprint density at radius 1 is 1.38 bits per heavy atom. The van der Waals surface area contributed by atoms with Crippen LogP contribution < -0.4 is 4.74 Å². The lowest BCUT2D eigenvalue weighted by Crippen LogP contribution is -1.95. The lowest BCUT2D eigenvalue weighted by Gasteiger charge is -2.03. The first-order valence-electron chi connectivity index (χ1n) is 4.60. The van der Waals surface area contributed by atoms with Crippen LogP contribution in [0.5, 0.6) is 5.75 Å². The molecule has 0 amide bonds. The van der Waals surface area contributed by atoms with E-state index in [9.17, 15) is 10.1 Å². The van der Waals surface area contributed by atoms with Crippen molar-refractivity contribution in [2.75, 3.05) is 0 Å². The number of nitro groups is 1. The molecule has 1 N–H and O–H groups in total. The number of aromatic amines is 1. The van der Waals surface area contributed by atoms with E-state index in [-0.39, 0.29) is 5.69 Å². The van der Waals surface area contributed by atoms with Gasteiger partial charge in [-0.25, -0.2) is 4.98 Å². The van der Waals surface area contributed by atoms with Gasteiger partial charge >= 0.3 is 0 Å². The normalized spacial score (nSPS) is 10.0. The Hall–Kier alpha value is -2.37. The van der Waals surface area contributed by atoms with Crippen molar-refractivity contribution in [2.24, 2.45) is 0 Å². The van der Waals surface area contributed by atoms with Crippen LogP contribution in [0, 0.1) is 10.1 Å². The van der Waals surface area contributed by atoms with E-state index in [0.29, 0.717) is 12.4 Å². The number of benzene rings is 1. The number of nitrogens with zero attached hydrogens (tertiary/aromatic N) is 2. The van der Waals surface area contributed by atoms with Crippen molar-refractivity contribution in [3.8, 4) is 5.75 Å². The number of hydrogen-bond acceptors (Lipinski definition) is 4. The van der Waals surface area contributed by atoms with Crippen LogP contribution in [0.1, 0.15) is 5.69 Å². The molecule has 0 bridgehead atoms. The lowest BCUT2D eigenvalue weighted by atomic mass is 10.3. The molecule has 0 aliphatic carbocycles. The van der Waals surface area contributed by atoms with Gasteiger partial charge in [-0.1, -0.05) is 0 Å². The van der Waals surface area contributed by atoms with Crippen molar-refractivity contribution < 1.29 is 9.66 Å². The molecule has 16 heavy (non-hydrogen) atoms. The summed E-state index contributed by atoms with van der Waals surface area (Å²) in [5, 5.41) is 10.4. The van der Waals surface area contributed by atoms with E-state index in [1.54, 1.807) is 24.7 Å². The van der Waals surface area contributed by atoms with Gasteiger partial charge < -0.3 is 9.72 Å². The molecular weight excluding hydrogens is 210 g/mol. The van der Waals surface area contributed by atoms with Gasteiger partial charge in [0.2, 0.25) is 0 Å². The minimum atomic E-state index is -0.446. The molecule has 0 atom stereocenters. The first kappa shape index (κ1) is 10.2. The Morgan fingerprint density at radius 2 is 2.12 bits per heavy atom. The monoisotopic (exact) mass is 219 g/mol. The molecule has 0 aliphatic heterocycles. The van der Waals surface area contributed by atoms with Crippen molar-refractivity contribution in [1.29, 1.82) is 0 Å². The Bertz CT molecular complexity index is 465. The third-order valence-electron chi connectivity index (χ3n) is 2.00. The summed E-state index contributed by atoms with van der Waals surface area (Å²) in [6.07, 6.45) is 3.22. The number of nitrogens with one attached hydrogen (secondary N) is 1. The maximum atomic E-state index is 10.4. The number of non-ortho nitro benzene ring substituents is 1. The molecule has 0 aliphatic rings. The number of H-pyrrole nitrogens is 1. The van der Waals surface area contributed by atoms with Crippen molar-refractivity contribution in [2.45, 2.75) is 6.61 Å². The van der Waals surface area contributed by atoms with E-state index in [2.05, 4.69) is 9.97 Å². The highest BCUT2D eigenvalue weighted by atomic mass is 16.6. The standard InChI is InChI=1S/C10H9N3O3/c14-13(15)9-1-3-10(4-2-9)16-6-8-5-11-7-12-8/h1-5,7H,6H2,(H,11,12). The van der Waals surface area contributed by atoms with Gasteiger partial charge in [-0.2, -0.15) is 0 Å². The molecule has 0 radical (unpaired) electrons. The fraction of sp³-hybridized carbons (Fsp3) is 0.100. The summed E-state index contributed by atoms with van der Waals surface area (Å²) in [4.78, 5) is 16.7. The second kappa shape index (κ2) is 4.43. The molecule has 0 spiro atoms. The van der Waals surface area contributed by atoms with E-state index in [1.165, 1.54) is 12.1 Å². The molecule has 2 aromatic rings. The van der Waals surface area contributed by atoms with Crippen LogP contribution in [-0.2, 0) is 6.61 Å². The number of aromatic nitrogens is 2. The molecule has 1 aromatic heterocycles. The fourth-order valence-electron chi connectivity index (χ4n) is 1.19. The van der Waals surface area contributed by atoms with Gasteiger partial charge in [-0.05, 0) is 12.1 Å². The van der Waals surface area contributed by atoms with Crippen molar-refractivity contribution in [3.63, 3.8) is 0 Å². The van der Waals surface area contributed by atoms with Gasteiger partial charge in [0.1, 0.15) is 12.4 Å². The average molecular weight is 219 g/mol. The van der Waals surface area contributed by atoms with Gasteiger partial charge in [0.25, 0.3) is 5.69 Å². The molecule has 0 fully saturated rings. The van der Waals surface area contributed by atoms with E-state index < -0.39 is 4.92 Å². The Labute approximate surface area is 91.0 Å². The summed E-state index contributed by atoms with van der Waals surface area (Å²) in [6, 6.07) is 5.94. The van der Waals surface area contributed by atoms with Gasteiger partial charge in [0, 0.05) is 12.1 Å². The number of hydrogen-bond donors (Lipinski definition) is 1. The topological polar surface area (TPSA) is 81.1 Å². The van der Waals surface area contributed by atoms with Gasteiger partial charge in [0.05, 0.1) is 23.1 Å². The second-order valence-electron chi connectivity index (χ2n) is 3.12. The van der Waals surface area contributed by atoms with Crippen LogP contribution in [0.25, 0.3) is 0 Å². The summed E-state index contributed by atoms with van der Waals surface area (Å²) >= 11 is 0. The van der Waals surface area contributed by atoms with Crippen LogP contribution in [0.4, 0.5) is 5.69 Å². The summed E-state index contributed by atoms with van der Waals surface area (Å²) < 4.78 is 5.39. The van der Waals surface area contributed by atoms with Crippen LogP contribution in [0.2, 0.25) is 0 Å². The molecule has 0 saturated carbocycles. The largest absolute Gasteiger partial charge is 0.487 e. The number of ether oxygens (including phenoxy) is 1. The highest BCUT2D eigenvalue weighted by Crippen LogP contribution is 2.17. The third-order valence-corrected chi connectivity index (χ3v) is 2.00. The lowest BCUT2D eigenvalue weighted by molar-refractivity contribution is -0.384. The summed E-state index contributed by atoms with van der Waals surface area (Å²) in [5.41, 5.74) is 0.896. The van der Waals surface area contributed by atoms with Crippen molar-refractivity contribution in [1.82, 2.24) is 9.97 Å². The zero-order valence-electron chi connectivity index (χ0n) is 8.29. The first-order valence-corrected chi connectivity index (χ1v) is 4.60. The Morgan fingerprint density at radius 3 is 2.69 bits per heavy atom. The highest BCUT2D eigenvalue weighted by molar-refractivity contribution is 5.35. The Balaban J connectivity index is 1.98. The minimum Gasteiger partial charge on any atom is -0.487 e. The number of imidazole rings is 1. The zero-order valence-corrected chi connectivity index (χ0v) is 8.29. The second-order valence-corrected chi connectivity index (χ2v) is 3.12. The van der Waals surface area contributed by atoms with Crippen molar-refractivity contribution in [3.05, 3.63) is 52.6 Å². The van der Waals surface area contributed by atoms with Crippen LogP contribution in [0.15, 0.2) is 36.8 Å². The molecule has 1 aromatic carbocycles. The minimum absolute atomic E-state index is 0.0499. The molecule has 2 rings (SSSR count). The predicted molar refractivity (Wildman–Crippen MR) is 56.0 cm³/mol. The SMILES string of the molecule is O=[N+]([O-])c1ccc(OCc2cnc[nH]2)cc1. The molecule has 6 nitrogen and oxygen atoms in total. The first-order chi connectivity index (χ1) is 7.75. The van der Waals surface area contributed by atoms with E-state index >= 15 is 0 Å². The maximum Gasteiger partial charge on any atom is 0.269 e. The molecular formula is C10H9N3O3. The smallest absolute Gasteiger partial charge is 0.269 e. The van der Waals surface area contributed by atoms with E-state index in [4.69, 9.17) is 4.74 Å². The van der Waals surface area contributed by atoms with Crippen LogP contribution >= 0.6 is 0 Å². The van der Waals surface area contributed by atoms with Gasteiger partial charge in [-0.15, -0.1) is 0 Å². The number of nitro benzene ring substituents is 1. The Kier molecular flexibility index (Phi) is 2.81. The number of rotatable bonds is 4. The van der Waals surface area contributed by atoms with E-state index in [1.807, 2.05) is 0 Å². The quantitative estimate of drug-likeness (QED) is 0.628. The fourth-order valence-corrected chi connectivity index (χ4v) is 1.19. The molecule has 1 heterocycles. The van der Waals surface area contributed by atoms with Gasteiger partial charge in [0.15, 0.2) is 0 Å². The van der Waals surface area contributed by atoms with Crippen LogP contribution in [0.3, 0.4) is 0 Å². The maximum absolute atomic E-state index is 10.4. The predicted octanol–water partition coefficient (Wildman–Crippen LogP) is 1.90. The molecule has 82 valence electrons. The highest BCUT2D eigenvalue weighted by Gasteiger charge is 2.04. The van der Waals surface area contributed by atoms with Crippen LogP contribution in [-0.4, -0.2) is 14.9 Å². The summed E-state index contributed by atoms with van der Waals surface area (Å²) in [5.74, 6) is 0.584. The molecule has 6 heteroatoms. The summed E-state index contributed by atoms with van der Waals surface area (Å²) in [7, 11) is 0. The van der Waals surface area contributed by atoms with E-state index in [0.717, 1.165) is 5.69 Å². The molecule has 0 saturated heterocycles. The summed E-state index contributed by atoms with van der Waals surface area (Å²) in [6.45, 7) is 0.359. The molecule has 0 unspecified atom stereocenters. The van der Waals surface area contributed by atoms with Gasteiger partial charge in [-0.3, -0.25) is 10.1 Å². The van der Waals surface area contributed by atoms with Crippen molar-refractivity contribution >= 4 is 5.69 Å².